The normalized spacial score (nSPS) is 19.5. The van der Waals surface area contributed by atoms with Crippen molar-refractivity contribution in [3.63, 3.8) is 0 Å². The molecule has 0 aliphatic heterocycles. The fourth-order valence-corrected chi connectivity index (χ4v) is 2.71. The average molecular weight is 288 g/mol. The Kier molecular flexibility index (Phi) is 4.08. The highest BCUT2D eigenvalue weighted by molar-refractivity contribution is 5.84. The number of aromatic nitrogens is 2. The first-order chi connectivity index (χ1) is 10.2. The van der Waals surface area contributed by atoms with Gasteiger partial charge >= 0.3 is 0 Å². The second kappa shape index (κ2) is 6.16. The highest BCUT2D eigenvalue weighted by atomic mass is 19.1. The molecule has 1 aliphatic rings. The smallest absolute Gasteiger partial charge is 0.237 e. The summed E-state index contributed by atoms with van der Waals surface area (Å²) in [5.74, 6) is 0.415. The largest absolute Gasteiger partial charge is 0.339 e. The molecule has 4 nitrogen and oxygen atoms in total. The molecule has 1 aromatic heterocycles. The van der Waals surface area contributed by atoms with Crippen molar-refractivity contribution in [1.29, 1.82) is 0 Å². The summed E-state index contributed by atoms with van der Waals surface area (Å²) in [7, 11) is 0. The fourth-order valence-electron chi connectivity index (χ4n) is 2.71. The van der Waals surface area contributed by atoms with Crippen LogP contribution in [0.1, 0.15) is 55.3 Å². The van der Waals surface area contributed by atoms with Crippen LogP contribution in [0.25, 0.3) is 0 Å². The molecule has 3 rings (SSSR count). The highest BCUT2D eigenvalue weighted by Crippen LogP contribution is 2.28. The number of ketones is 1. The molecular weight excluding hydrogens is 271 g/mol. The van der Waals surface area contributed by atoms with E-state index in [0.29, 0.717) is 23.7 Å². The van der Waals surface area contributed by atoms with Crippen molar-refractivity contribution in [3.8, 4) is 0 Å². The average Bonchev–Trinajstić information content (AvgIpc) is 2.82. The lowest BCUT2D eigenvalue weighted by Crippen LogP contribution is -2.11. The second-order valence-corrected chi connectivity index (χ2v) is 5.44. The van der Waals surface area contributed by atoms with E-state index in [4.69, 9.17) is 4.52 Å². The van der Waals surface area contributed by atoms with Gasteiger partial charge in [0, 0.05) is 12.8 Å². The van der Waals surface area contributed by atoms with Gasteiger partial charge in [-0.15, -0.1) is 0 Å². The van der Waals surface area contributed by atoms with Crippen molar-refractivity contribution < 1.29 is 13.7 Å². The third kappa shape index (κ3) is 3.17. The Morgan fingerprint density at radius 1 is 1.24 bits per heavy atom. The predicted molar refractivity (Wildman–Crippen MR) is 74.3 cm³/mol. The van der Waals surface area contributed by atoms with Crippen molar-refractivity contribution >= 4 is 5.78 Å². The molecule has 0 radical (unpaired) electrons. The summed E-state index contributed by atoms with van der Waals surface area (Å²) < 4.78 is 18.8. The van der Waals surface area contributed by atoms with E-state index in [9.17, 15) is 9.18 Å². The molecule has 0 bridgehead atoms. The number of halogens is 1. The van der Waals surface area contributed by atoms with Gasteiger partial charge in [-0.3, -0.25) is 4.79 Å². The van der Waals surface area contributed by atoms with Crippen molar-refractivity contribution in [1.82, 2.24) is 10.1 Å². The quantitative estimate of drug-likeness (QED) is 0.812. The van der Waals surface area contributed by atoms with E-state index in [0.717, 1.165) is 25.7 Å². The zero-order valence-corrected chi connectivity index (χ0v) is 11.7. The lowest BCUT2D eigenvalue weighted by molar-refractivity contribution is -0.120. The first-order valence-electron chi connectivity index (χ1n) is 7.32. The number of carbonyl (C=O) groups is 1. The summed E-state index contributed by atoms with van der Waals surface area (Å²) in [6, 6.07) is 6.52. The molecule has 1 aromatic carbocycles. The molecule has 5 heteroatoms. The minimum atomic E-state index is -0.283. The maximum Gasteiger partial charge on any atom is 0.237 e. The minimum Gasteiger partial charge on any atom is -0.339 e. The maximum atomic E-state index is 13.6. The number of nitrogens with zero attached hydrogens (tertiary/aromatic N) is 2. The van der Waals surface area contributed by atoms with Crippen LogP contribution in [0.15, 0.2) is 28.8 Å². The van der Waals surface area contributed by atoms with Crippen LogP contribution in [0.4, 0.5) is 4.39 Å². The number of carbonyl (C=O) groups excluding carboxylic acids is 1. The van der Waals surface area contributed by atoms with E-state index in [1.165, 1.54) is 6.07 Å². The molecule has 1 heterocycles. The first kappa shape index (κ1) is 13.9. The van der Waals surface area contributed by atoms with Crippen LogP contribution in [0, 0.1) is 5.82 Å². The third-order valence-corrected chi connectivity index (χ3v) is 3.89. The number of hydrogen-bond donors (Lipinski definition) is 0. The first-order valence-corrected chi connectivity index (χ1v) is 7.32. The molecule has 1 fully saturated rings. The van der Waals surface area contributed by atoms with Crippen LogP contribution in [-0.2, 0) is 11.2 Å². The van der Waals surface area contributed by atoms with Crippen LogP contribution >= 0.6 is 0 Å². The van der Waals surface area contributed by atoms with Gasteiger partial charge in [0.1, 0.15) is 11.6 Å². The zero-order chi connectivity index (χ0) is 14.7. The van der Waals surface area contributed by atoms with E-state index in [2.05, 4.69) is 10.1 Å². The molecule has 0 spiro atoms. The van der Waals surface area contributed by atoms with Gasteiger partial charge in [-0.2, -0.15) is 4.98 Å². The molecule has 21 heavy (non-hydrogen) atoms. The molecule has 0 saturated heterocycles. The van der Waals surface area contributed by atoms with E-state index in [1.54, 1.807) is 18.2 Å². The summed E-state index contributed by atoms with van der Waals surface area (Å²) >= 11 is 0. The van der Waals surface area contributed by atoms with Gasteiger partial charge in [-0.1, -0.05) is 36.2 Å². The summed E-state index contributed by atoms with van der Waals surface area (Å²) in [5.41, 5.74) is 0.525. The van der Waals surface area contributed by atoms with Gasteiger partial charge in [0.15, 0.2) is 5.82 Å². The summed E-state index contributed by atoms with van der Waals surface area (Å²) in [6.45, 7) is 0. The molecule has 110 valence electrons. The summed E-state index contributed by atoms with van der Waals surface area (Å²) in [5, 5.41) is 3.89. The standard InChI is InChI=1S/C16H17FN2O2/c17-13-8-5-4-6-11(13)10-15-18-16(21-19-15)12-7-2-1-3-9-14(12)20/h4-6,8,12H,1-3,7,9-10H2. The summed E-state index contributed by atoms with van der Waals surface area (Å²) in [6.07, 6.45) is 4.62. The molecular formula is C16H17FN2O2. The van der Waals surface area contributed by atoms with Gasteiger partial charge in [-0.25, -0.2) is 4.39 Å². The van der Waals surface area contributed by atoms with Crippen molar-refractivity contribution in [2.24, 2.45) is 0 Å². The van der Waals surface area contributed by atoms with E-state index < -0.39 is 0 Å². The third-order valence-electron chi connectivity index (χ3n) is 3.89. The molecule has 1 unspecified atom stereocenters. The Labute approximate surface area is 122 Å². The zero-order valence-electron chi connectivity index (χ0n) is 11.7. The van der Waals surface area contributed by atoms with E-state index in [-0.39, 0.29) is 23.9 Å². The number of hydrogen-bond acceptors (Lipinski definition) is 4. The highest BCUT2D eigenvalue weighted by Gasteiger charge is 2.27. The molecule has 0 amide bonds. The lowest BCUT2D eigenvalue weighted by atomic mass is 9.99. The Hall–Kier alpha value is -2.04. The van der Waals surface area contributed by atoms with Gasteiger partial charge in [0.2, 0.25) is 5.89 Å². The molecule has 0 N–H and O–H groups in total. The molecule has 1 saturated carbocycles. The second-order valence-electron chi connectivity index (χ2n) is 5.44. The van der Waals surface area contributed by atoms with Gasteiger partial charge in [0.05, 0.1) is 5.92 Å². The predicted octanol–water partition coefficient (Wildman–Crippen LogP) is 3.42. The summed E-state index contributed by atoms with van der Waals surface area (Å²) in [4.78, 5) is 16.3. The van der Waals surface area contributed by atoms with Crippen molar-refractivity contribution in [3.05, 3.63) is 47.4 Å². The van der Waals surface area contributed by atoms with Gasteiger partial charge in [-0.05, 0) is 24.5 Å². The lowest BCUT2D eigenvalue weighted by Gasteiger charge is -2.06. The molecule has 1 aliphatic carbocycles. The number of Topliss-reactive ketones (excluding diaryl/α,β-unsaturated/α-hetero) is 1. The Morgan fingerprint density at radius 3 is 2.95 bits per heavy atom. The number of benzene rings is 1. The van der Waals surface area contributed by atoms with Crippen LogP contribution in [0.2, 0.25) is 0 Å². The topological polar surface area (TPSA) is 56.0 Å². The van der Waals surface area contributed by atoms with Crippen LogP contribution in [0.3, 0.4) is 0 Å². The number of rotatable bonds is 3. The minimum absolute atomic E-state index is 0.175. The van der Waals surface area contributed by atoms with E-state index in [1.807, 2.05) is 0 Å². The van der Waals surface area contributed by atoms with Crippen molar-refractivity contribution in [2.45, 2.75) is 44.4 Å². The fraction of sp³-hybridized carbons (Fsp3) is 0.438. The maximum absolute atomic E-state index is 13.6. The van der Waals surface area contributed by atoms with Crippen LogP contribution < -0.4 is 0 Å². The Bertz CT molecular complexity index is 639. The Morgan fingerprint density at radius 2 is 2.10 bits per heavy atom. The SMILES string of the molecule is O=C1CCCCCC1c1nc(Cc2ccccc2F)no1. The van der Waals surface area contributed by atoms with Gasteiger partial charge < -0.3 is 4.52 Å². The monoisotopic (exact) mass is 288 g/mol. The molecule has 2 aromatic rings. The Balaban J connectivity index is 1.77. The van der Waals surface area contributed by atoms with Crippen LogP contribution in [-0.4, -0.2) is 15.9 Å². The van der Waals surface area contributed by atoms with E-state index >= 15 is 0 Å². The van der Waals surface area contributed by atoms with Crippen molar-refractivity contribution in [2.75, 3.05) is 0 Å². The van der Waals surface area contributed by atoms with Gasteiger partial charge in [0.25, 0.3) is 0 Å². The van der Waals surface area contributed by atoms with Crippen LogP contribution in [0.5, 0.6) is 0 Å². The molecule has 1 atom stereocenters.